The molecule has 1 atom stereocenters. The number of morpholine rings is 1. The van der Waals surface area contributed by atoms with Crippen molar-refractivity contribution in [2.24, 2.45) is 0 Å². The largest absolute Gasteiger partial charge is 0.491 e. The molecule has 1 fully saturated rings. The molecule has 0 unspecified atom stereocenters. The first-order valence-corrected chi connectivity index (χ1v) is 10.4. The maximum atomic E-state index is 10.3. The van der Waals surface area contributed by atoms with Gasteiger partial charge in [-0.1, -0.05) is 35.3 Å². The number of hydrogen-bond donors (Lipinski definition) is 3. The van der Waals surface area contributed by atoms with E-state index in [1.54, 1.807) is 30.5 Å². The Bertz CT molecular complexity index is 762. The van der Waals surface area contributed by atoms with Gasteiger partial charge in [-0.05, 0) is 29.8 Å². The molecule has 2 aromatic rings. The van der Waals surface area contributed by atoms with Crippen molar-refractivity contribution in [3.8, 4) is 0 Å². The third-order valence-electron chi connectivity index (χ3n) is 3.78. The van der Waals surface area contributed by atoms with Gasteiger partial charge in [-0.2, -0.15) is 0 Å². The van der Waals surface area contributed by atoms with E-state index in [4.69, 9.17) is 27.9 Å². The van der Waals surface area contributed by atoms with E-state index in [1.165, 1.54) is 5.82 Å². The zero-order valence-corrected chi connectivity index (χ0v) is 15.7. The minimum absolute atomic E-state index is 0.0344. The number of aromatic nitrogens is 1. The fourth-order valence-electron chi connectivity index (χ4n) is 2.56. The number of halogens is 2. The van der Waals surface area contributed by atoms with Crippen molar-refractivity contribution in [2.75, 3.05) is 13.2 Å². The summed E-state index contributed by atoms with van der Waals surface area (Å²) < 4.78 is 5.70. The number of pyridine rings is 1. The van der Waals surface area contributed by atoms with Gasteiger partial charge in [0.2, 0.25) is 0 Å². The zero-order valence-electron chi connectivity index (χ0n) is 13.3. The minimum Gasteiger partial charge on any atom is -0.491 e. The van der Waals surface area contributed by atoms with Crippen molar-refractivity contribution in [1.82, 2.24) is 10.3 Å². The van der Waals surface area contributed by atoms with Crippen LogP contribution in [0.15, 0.2) is 54.2 Å². The second-order valence-electron chi connectivity index (χ2n) is 5.78. The van der Waals surface area contributed by atoms with E-state index < -0.39 is 7.72 Å². The van der Waals surface area contributed by atoms with Crippen LogP contribution in [-0.4, -0.2) is 27.9 Å². The molecule has 0 spiro atoms. The van der Waals surface area contributed by atoms with Crippen LogP contribution in [0.3, 0.4) is 0 Å². The van der Waals surface area contributed by atoms with Crippen molar-refractivity contribution < 1.29 is 14.5 Å². The third kappa shape index (κ3) is 5.14. The lowest BCUT2D eigenvalue weighted by molar-refractivity contribution is 0.139. The van der Waals surface area contributed by atoms with Gasteiger partial charge in [-0.25, -0.2) is 9.79 Å². The van der Waals surface area contributed by atoms with Crippen LogP contribution in [0.4, 0.5) is 0 Å². The first-order valence-electron chi connectivity index (χ1n) is 7.69. The number of hydrogen-bond acceptors (Lipinski definition) is 5. The summed E-state index contributed by atoms with van der Waals surface area (Å²) in [4.78, 5) is 24.7. The van der Waals surface area contributed by atoms with Crippen LogP contribution in [0.25, 0.3) is 0 Å². The summed E-state index contributed by atoms with van der Waals surface area (Å²) in [6.07, 6.45) is 1.72. The molecule has 1 aliphatic heterocycles. The first-order chi connectivity index (χ1) is 11.9. The molecular weight excluding hydrogens is 382 g/mol. The predicted molar refractivity (Wildman–Crippen MR) is 101 cm³/mol. The van der Waals surface area contributed by atoms with Crippen LogP contribution in [-0.2, 0) is 10.9 Å². The van der Waals surface area contributed by atoms with Crippen molar-refractivity contribution in [2.45, 2.75) is 12.2 Å². The second kappa shape index (κ2) is 8.00. The van der Waals surface area contributed by atoms with Gasteiger partial charge in [0.25, 0.3) is 0 Å². The average molecular weight is 400 g/mol. The van der Waals surface area contributed by atoms with Crippen molar-refractivity contribution in [3.63, 3.8) is 0 Å². The highest BCUT2D eigenvalue weighted by Crippen LogP contribution is 2.55. The van der Waals surface area contributed by atoms with Crippen LogP contribution in [0.1, 0.15) is 17.3 Å². The maximum Gasteiger partial charge on any atom is 0.302 e. The molecule has 3 rings (SSSR count). The Kier molecular flexibility index (Phi) is 5.95. The van der Waals surface area contributed by atoms with E-state index in [0.29, 0.717) is 34.6 Å². The third-order valence-corrected chi connectivity index (χ3v) is 6.01. The van der Waals surface area contributed by atoms with Crippen LogP contribution >= 0.6 is 30.9 Å². The number of nitrogens with zero attached hydrogens (tertiary/aromatic N) is 1. The van der Waals surface area contributed by atoms with E-state index in [-0.39, 0.29) is 12.2 Å². The molecule has 5 nitrogen and oxygen atoms in total. The van der Waals surface area contributed by atoms with Gasteiger partial charge < -0.3 is 4.74 Å². The van der Waals surface area contributed by atoms with Crippen molar-refractivity contribution in [1.29, 1.82) is 0 Å². The van der Waals surface area contributed by atoms with Crippen LogP contribution in [0.5, 0.6) is 0 Å². The van der Waals surface area contributed by atoms with E-state index in [2.05, 4.69) is 10.3 Å². The van der Waals surface area contributed by atoms with Crippen LogP contribution < -0.4 is 5.32 Å². The van der Waals surface area contributed by atoms with Crippen molar-refractivity contribution >= 4 is 30.9 Å². The van der Waals surface area contributed by atoms with Gasteiger partial charge in [0.1, 0.15) is 12.4 Å². The standard InChI is InChI=1S/C17H18Cl2N2O3P/c18-15-5-4-12(7-16(15)19)17-9-24-14(8-21-17)11-25(22,23)10-13-3-1-2-6-20-13/h1-7,11,17,21-23H,8-10H2/q+1/t17-/m0/s1. The fourth-order valence-corrected chi connectivity index (χ4v) is 4.25. The summed E-state index contributed by atoms with van der Waals surface area (Å²) in [5.74, 6) is 1.94. The highest BCUT2D eigenvalue weighted by atomic mass is 35.5. The van der Waals surface area contributed by atoms with E-state index in [1.807, 2.05) is 12.1 Å². The Morgan fingerprint density at radius 1 is 1.24 bits per heavy atom. The summed E-state index contributed by atoms with van der Waals surface area (Å²) in [6, 6.07) is 10.8. The smallest absolute Gasteiger partial charge is 0.302 e. The molecule has 0 saturated carbocycles. The first kappa shape index (κ1) is 18.6. The summed E-state index contributed by atoms with van der Waals surface area (Å²) >= 11 is 12.0. The van der Waals surface area contributed by atoms with E-state index >= 15 is 0 Å². The average Bonchev–Trinajstić information content (AvgIpc) is 2.58. The molecular formula is C17H18Cl2N2O3P+. The highest BCUT2D eigenvalue weighted by Gasteiger charge is 2.34. The molecule has 2 heterocycles. The normalized spacial score (nSPS) is 19.7. The lowest BCUT2D eigenvalue weighted by Crippen LogP contribution is -2.33. The van der Waals surface area contributed by atoms with Crippen molar-refractivity contribution in [3.05, 3.63) is 75.5 Å². The molecule has 1 aromatic heterocycles. The predicted octanol–water partition coefficient (Wildman–Crippen LogP) is 3.92. The van der Waals surface area contributed by atoms with Gasteiger partial charge in [0.05, 0.1) is 28.3 Å². The quantitative estimate of drug-likeness (QED) is 0.679. The second-order valence-corrected chi connectivity index (χ2v) is 8.74. The lowest BCUT2D eigenvalue weighted by atomic mass is 10.1. The summed E-state index contributed by atoms with van der Waals surface area (Å²) in [5, 5.41) is 4.30. The fraction of sp³-hybridized carbons (Fsp3) is 0.235. The topological polar surface area (TPSA) is 74.6 Å². The van der Waals surface area contributed by atoms with Crippen LogP contribution in [0, 0.1) is 0 Å². The lowest BCUT2D eigenvalue weighted by Gasteiger charge is -2.27. The molecule has 0 radical (unpaired) electrons. The summed E-state index contributed by atoms with van der Waals surface area (Å²) in [6.45, 7) is 0.767. The highest BCUT2D eigenvalue weighted by molar-refractivity contribution is 7.67. The van der Waals surface area contributed by atoms with E-state index in [9.17, 15) is 9.79 Å². The molecule has 1 aromatic carbocycles. The zero-order chi connectivity index (χ0) is 17.9. The minimum atomic E-state index is -3.27. The summed E-state index contributed by atoms with van der Waals surface area (Å²) in [7, 11) is -3.27. The molecule has 3 N–H and O–H groups in total. The molecule has 0 bridgehead atoms. The number of nitrogens with one attached hydrogen (secondary N) is 1. The Balaban J connectivity index is 1.62. The Hall–Kier alpha value is -1.20. The molecule has 25 heavy (non-hydrogen) atoms. The molecule has 0 amide bonds. The Morgan fingerprint density at radius 2 is 2.08 bits per heavy atom. The van der Waals surface area contributed by atoms with Gasteiger partial charge in [-0.15, -0.1) is 0 Å². The van der Waals surface area contributed by atoms with Gasteiger partial charge in [-0.3, -0.25) is 10.3 Å². The summed E-state index contributed by atoms with van der Waals surface area (Å²) in [5.41, 5.74) is 1.60. The Morgan fingerprint density at radius 3 is 2.72 bits per heavy atom. The Labute approximate surface area is 156 Å². The van der Waals surface area contributed by atoms with Gasteiger partial charge >= 0.3 is 7.72 Å². The molecule has 1 saturated heterocycles. The maximum absolute atomic E-state index is 10.3. The molecule has 0 aliphatic carbocycles. The van der Waals surface area contributed by atoms with Gasteiger partial charge in [0, 0.05) is 6.20 Å². The monoisotopic (exact) mass is 399 g/mol. The number of ether oxygens (including phenoxy) is 1. The van der Waals surface area contributed by atoms with Gasteiger partial charge in [0.15, 0.2) is 12.0 Å². The van der Waals surface area contributed by atoms with Crippen LogP contribution in [0.2, 0.25) is 10.0 Å². The number of rotatable bonds is 4. The van der Waals surface area contributed by atoms with E-state index in [0.717, 1.165) is 5.56 Å². The molecule has 1 aliphatic rings. The molecule has 132 valence electrons. The SMILES string of the molecule is O[P+](O)(C=C1CN[C@H](c2ccc(Cl)c(Cl)c2)CO1)Cc1ccccn1. The molecule has 8 heteroatoms. The number of benzene rings is 1.